The Bertz CT molecular complexity index is 1190. The van der Waals surface area contributed by atoms with Gasteiger partial charge in [0.05, 0.1) is 5.52 Å². The number of para-hydroxylation sites is 1. The molecule has 5 rings (SSSR count). The summed E-state index contributed by atoms with van der Waals surface area (Å²) in [5.74, 6) is 0.610. The van der Waals surface area contributed by atoms with Crippen molar-refractivity contribution in [2.75, 3.05) is 39.8 Å². The number of likely N-dealkylation sites (N-methyl/N-ethyl adjacent to an activating group) is 1. The summed E-state index contributed by atoms with van der Waals surface area (Å²) in [6.45, 7) is 4.64. The van der Waals surface area contributed by atoms with Gasteiger partial charge in [-0.2, -0.15) is 0 Å². The highest BCUT2D eigenvalue weighted by Gasteiger charge is 2.26. The van der Waals surface area contributed by atoms with Gasteiger partial charge < -0.3 is 14.7 Å². The SMILES string of the molecule is CN1CCN(C(=O)c2cccc(CN3CCCC3=O)c2)CC(Cc2cccc3cccnc23)C1. The van der Waals surface area contributed by atoms with Gasteiger partial charge in [-0.05, 0) is 55.1 Å². The Kier molecular flexibility index (Phi) is 6.59. The molecule has 6 nitrogen and oxygen atoms in total. The van der Waals surface area contributed by atoms with Gasteiger partial charge in [-0.15, -0.1) is 0 Å². The largest absolute Gasteiger partial charge is 0.338 e. The number of amides is 2. The maximum Gasteiger partial charge on any atom is 0.253 e. The quantitative estimate of drug-likeness (QED) is 0.589. The lowest BCUT2D eigenvalue weighted by molar-refractivity contribution is -0.128. The minimum Gasteiger partial charge on any atom is -0.338 e. The topological polar surface area (TPSA) is 56.8 Å². The smallest absolute Gasteiger partial charge is 0.253 e. The Morgan fingerprint density at radius 2 is 1.88 bits per heavy atom. The lowest BCUT2D eigenvalue weighted by Gasteiger charge is -2.25. The van der Waals surface area contributed by atoms with Gasteiger partial charge in [-0.25, -0.2) is 0 Å². The van der Waals surface area contributed by atoms with Gasteiger partial charge in [0, 0.05) is 62.8 Å². The first kappa shape index (κ1) is 22.5. The molecule has 0 aliphatic carbocycles. The van der Waals surface area contributed by atoms with Crippen molar-refractivity contribution in [1.82, 2.24) is 19.7 Å². The van der Waals surface area contributed by atoms with Crippen LogP contribution < -0.4 is 0 Å². The molecule has 2 aliphatic rings. The van der Waals surface area contributed by atoms with Crippen molar-refractivity contribution < 1.29 is 9.59 Å². The van der Waals surface area contributed by atoms with E-state index in [1.165, 1.54) is 5.56 Å². The minimum absolute atomic E-state index is 0.0749. The number of pyridine rings is 1. The fourth-order valence-electron chi connectivity index (χ4n) is 5.32. The second kappa shape index (κ2) is 9.94. The van der Waals surface area contributed by atoms with Crippen LogP contribution in [-0.4, -0.2) is 71.3 Å². The van der Waals surface area contributed by atoms with Gasteiger partial charge in [-0.3, -0.25) is 14.6 Å². The summed E-state index contributed by atoms with van der Waals surface area (Å²) in [5.41, 5.74) is 4.02. The van der Waals surface area contributed by atoms with E-state index in [1.807, 2.05) is 46.3 Å². The highest BCUT2D eigenvalue weighted by Crippen LogP contribution is 2.23. The summed E-state index contributed by atoms with van der Waals surface area (Å²) >= 11 is 0. The molecule has 3 aromatic rings. The molecule has 0 N–H and O–H groups in total. The van der Waals surface area contributed by atoms with Crippen LogP contribution in [0.2, 0.25) is 0 Å². The molecule has 0 bridgehead atoms. The van der Waals surface area contributed by atoms with Crippen LogP contribution >= 0.6 is 0 Å². The van der Waals surface area contributed by atoms with E-state index in [-0.39, 0.29) is 11.8 Å². The third-order valence-electron chi connectivity index (χ3n) is 7.03. The second-order valence-corrected chi connectivity index (χ2v) is 9.70. The average molecular weight is 457 g/mol. The molecule has 1 aromatic heterocycles. The fraction of sp³-hybridized carbons (Fsp3) is 0.393. The van der Waals surface area contributed by atoms with Crippen LogP contribution in [0.3, 0.4) is 0 Å². The van der Waals surface area contributed by atoms with E-state index in [1.54, 1.807) is 0 Å². The van der Waals surface area contributed by atoms with Gasteiger partial charge in [0.2, 0.25) is 5.91 Å². The maximum absolute atomic E-state index is 13.5. The Labute approximate surface area is 201 Å². The van der Waals surface area contributed by atoms with Crippen molar-refractivity contribution in [3.8, 4) is 0 Å². The predicted molar refractivity (Wildman–Crippen MR) is 133 cm³/mol. The van der Waals surface area contributed by atoms with Crippen molar-refractivity contribution in [2.45, 2.75) is 25.8 Å². The molecule has 3 heterocycles. The van der Waals surface area contributed by atoms with E-state index in [9.17, 15) is 9.59 Å². The van der Waals surface area contributed by atoms with E-state index in [0.717, 1.165) is 55.5 Å². The highest BCUT2D eigenvalue weighted by molar-refractivity contribution is 5.94. The van der Waals surface area contributed by atoms with Crippen LogP contribution in [0.1, 0.15) is 34.3 Å². The number of fused-ring (bicyclic) bond motifs is 1. The number of rotatable bonds is 5. The number of likely N-dealkylation sites (tertiary alicyclic amines) is 1. The van der Waals surface area contributed by atoms with Crippen LogP contribution in [0.4, 0.5) is 0 Å². The van der Waals surface area contributed by atoms with E-state index < -0.39 is 0 Å². The molecule has 6 heteroatoms. The zero-order valence-corrected chi connectivity index (χ0v) is 19.8. The molecule has 2 saturated heterocycles. The average Bonchev–Trinajstić information content (AvgIpc) is 3.15. The van der Waals surface area contributed by atoms with Crippen molar-refractivity contribution in [2.24, 2.45) is 5.92 Å². The standard InChI is InChI=1S/C28H32N4O2/c1-30-14-15-32(20-22(18-30)17-24-8-3-7-23-10-4-12-29-27(23)24)28(34)25-9-2-6-21(16-25)19-31-13-5-11-26(31)33/h2-4,6-10,12,16,22H,5,11,13-15,17-20H2,1H3. The Hall–Kier alpha value is -3.25. The zero-order valence-electron chi connectivity index (χ0n) is 19.8. The third kappa shape index (κ3) is 4.97. The van der Waals surface area contributed by atoms with Crippen LogP contribution in [0.5, 0.6) is 0 Å². The van der Waals surface area contributed by atoms with Crippen molar-refractivity contribution in [1.29, 1.82) is 0 Å². The van der Waals surface area contributed by atoms with E-state index in [4.69, 9.17) is 0 Å². The molecule has 1 atom stereocenters. The van der Waals surface area contributed by atoms with Gasteiger partial charge >= 0.3 is 0 Å². The molecule has 34 heavy (non-hydrogen) atoms. The maximum atomic E-state index is 13.5. The van der Waals surface area contributed by atoms with Gasteiger partial charge in [0.1, 0.15) is 0 Å². The fourth-order valence-corrected chi connectivity index (χ4v) is 5.32. The number of hydrogen-bond donors (Lipinski definition) is 0. The number of aromatic nitrogens is 1. The predicted octanol–water partition coefficient (Wildman–Crippen LogP) is 3.60. The number of benzene rings is 2. The van der Waals surface area contributed by atoms with Crippen LogP contribution in [0.15, 0.2) is 60.8 Å². The molecule has 1 unspecified atom stereocenters. The number of hydrogen-bond acceptors (Lipinski definition) is 4. The summed E-state index contributed by atoms with van der Waals surface area (Å²) in [6.07, 6.45) is 4.29. The third-order valence-corrected chi connectivity index (χ3v) is 7.03. The van der Waals surface area contributed by atoms with Gasteiger partial charge in [0.15, 0.2) is 0 Å². The molecular formula is C28H32N4O2. The molecular weight excluding hydrogens is 424 g/mol. The van der Waals surface area contributed by atoms with Crippen LogP contribution in [0, 0.1) is 5.92 Å². The van der Waals surface area contributed by atoms with Crippen molar-refractivity contribution in [3.63, 3.8) is 0 Å². The van der Waals surface area contributed by atoms with Crippen molar-refractivity contribution in [3.05, 3.63) is 77.5 Å². The van der Waals surface area contributed by atoms with Crippen LogP contribution in [0.25, 0.3) is 10.9 Å². The van der Waals surface area contributed by atoms with E-state index in [2.05, 4.69) is 41.2 Å². The van der Waals surface area contributed by atoms with E-state index >= 15 is 0 Å². The zero-order chi connectivity index (χ0) is 23.5. The molecule has 2 fully saturated rings. The lowest BCUT2D eigenvalue weighted by atomic mass is 9.96. The minimum atomic E-state index is 0.0749. The number of carbonyl (C=O) groups excluding carboxylic acids is 2. The summed E-state index contributed by atoms with van der Waals surface area (Å²) in [4.78, 5) is 36.4. The summed E-state index contributed by atoms with van der Waals surface area (Å²) in [5, 5.41) is 1.16. The van der Waals surface area contributed by atoms with Gasteiger partial charge in [0.25, 0.3) is 5.91 Å². The molecule has 2 aromatic carbocycles. The normalized spacial score (nSPS) is 19.6. The Morgan fingerprint density at radius 3 is 2.74 bits per heavy atom. The molecule has 0 saturated carbocycles. The lowest BCUT2D eigenvalue weighted by Crippen LogP contribution is -2.36. The molecule has 2 amide bonds. The van der Waals surface area contributed by atoms with Crippen LogP contribution in [-0.2, 0) is 17.8 Å². The second-order valence-electron chi connectivity index (χ2n) is 9.70. The summed E-state index contributed by atoms with van der Waals surface area (Å²) in [7, 11) is 2.13. The Morgan fingerprint density at radius 1 is 1.03 bits per heavy atom. The molecule has 2 aliphatic heterocycles. The van der Waals surface area contributed by atoms with Gasteiger partial charge in [-0.1, -0.05) is 36.4 Å². The number of nitrogens with zero attached hydrogens (tertiary/aromatic N) is 4. The molecule has 0 radical (unpaired) electrons. The van der Waals surface area contributed by atoms with Crippen molar-refractivity contribution >= 4 is 22.7 Å². The first-order valence-electron chi connectivity index (χ1n) is 12.2. The summed E-state index contributed by atoms with van der Waals surface area (Å²) in [6, 6.07) is 18.2. The van der Waals surface area contributed by atoms with E-state index in [0.29, 0.717) is 31.0 Å². The monoisotopic (exact) mass is 456 g/mol. The number of carbonyl (C=O) groups is 2. The summed E-state index contributed by atoms with van der Waals surface area (Å²) < 4.78 is 0. The molecule has 176 valence electrons. The first-order valence-corrected chi connectivity index (χ1v) is 12.2. The first-order chi connectivity index (χ1) is 16.6. The highest BCUT2D eigenvalue weighted by atomic mass is 16.2. The Balaban J connectivity index is 1.32. The molecule has 0 spiro atoms.